The van der Waals surface area contributed by atoms with E-state index >= 15 is 0 Å². The third kappa shape index (κ3) is 3.53. The van der Waals surface area contributed by atoms with Gasteiger partial charge in [0, 0.05) is 24.3 Å². The van der Waals surface area contributed by atoms with Crippen LogP contribution in [0.3, 0.4) is 0 Å². The van der Waals surface area contributed by atoms with Gasteiger partial charge in [0.2, 0.25) is 5.88 Å². The molecule has 2 fully saturated rings. The molecule has 7 nitrogen and oxygen atoms in total. The molecule has 3 aromatic rings. The molecule has 1 N–H and O–H groups in total. The number of halogens is 1. The van der Waals surface area contributed by atoms with E-state index in [2.05, 4.69) is 22.2 Å². The fourth-order valence-electron chi connectivity index (χ4n) is 5.41. The first-order valence-corrected chi connectivity index (χ1v) is 11.0. The van der Waals surface area contributed by atoms with Crippen molar-refractivity contribution in [3.8, 4) is 5.88 Å². The minimum absolute atomic E-state index is 0.0629. The van der Waals surface area contributed by atoms with Gasteiger partial charge in [-0.15, -0.1) is 0 Å². The van der Waals surface area contributed by atoms with Gasteiger partial charge in [-0.3, -0.25) is 14.2 Å². The van der Waals surface area contributed by atoms with Gasteiger partial charge in [0.25, 0.3) is 11.5 Å². The highest BCUT2D eigenvalue weighted by molar-refractivity contribution is 5.94. The molecule has 2 aliphatic carbocycles. The number of ether oxygens (including phenoxy) is 1. The van der Waals surface area contributed by atoms with E-state index in [1.54, 1.807) is 23.0 Å². The van der Waals surface area contributed by atoms with E-state index in [1.165, 1.54) is 31.5 Å². The monoisotopic (exact) mass is 436 g/mol. The van der Waals surface area contributed by atoms with Crippen LogP contribution < -0.4 is 15.6 Å². The summed E-state index contributed by atoms with van der Waals surface area (Å²) in [5.41, 5.74) is 0.828. The largest absolute Gasteiger partial charge is 0.481 e. The molecular formula is C24H25FN4O3. The summed E-state index contributed by atoms with van der Waals surface area (Å²) in [7, 11) is 1.54. The van der Waals surface area contributed by atoms with Crippen molar-refractivity contribution in [3.05, 3.63) is 64.6 Å². The Bertz CT molecular complexity index is 1210. The quantitative estimate of drug-likeness (QED) is 0.641. The number of carbonyl (C=O) groups is 1. The Morgan fingerprint density at radius 1 is 1.25 bits per heavy atom. The molecular weight excluding hydrogens is 411 g/mol. The maximum absolute atomic E-state index is 13.6. The number of benzene rings is 1. The first kappa shape index (κ1) is 20.6. The molecule has 0 bridgehead atoms. The second-order valence-electron chi connectivity index (χ2n) is 8.73. The topological polar surface area (TPSA) is 86.1 Å². The Hall–Kier alpha value is -3.29. The zero-order valence-corrected chi connectivity index (χ0v) is 18.0. The van der Waals surface area contributed by atoms with Gasteiger partial charge in [-0.2, -0.15) is 0 Å². The molecule has 5 rings (SSSR count). The van der Waals surface area contributed by atoms with Gasteiger partial charge < -0.3 is 10.1 Å². The Morgan fingerprint density at radius 2 is 2.03 bits per heavy atom. The second kappa shape index (κ2) is 8.00. The SMILES string of the molecule is CC[C@H](NC(=O)c1ccc(OC)nc1)C1[C@H]2CC(n3cnc4ccc(F)cc4c3=O)C[C@H]12. The predicted molar refractivity (Wildman–Crippen MR) is 117 cm³/mol. The van der Waals surface area contributed by atoms with Crippen LogP contribution in [0.25, 0.3) is 10.9 Å². The third-order valence-corrected chi connectivity index (χ3v) is 7.05. The summed E-state index contributed by atoms with van der Waals surface area (Å²) in [5.74, 6) is 1.25. The standard InChI is InChI=1S/C24H25FN4O3/c1-3-19(28-23(30)13-4-7-21(32-2)26-11-13)22-16-9-15(10-17(16)22)29-12-27-20-6-5-14(25)8-18(20)24(29)31/h4-8,11-12,15-17,19,22H,3,9-10H2,1-2H3,(H,28,30)/t15?,16-,17-,19-,22?/m0/s1. The van der Waals surface area contributed by atoms with Crippen LogP contribution in [0.15, 0.2) is 47.7 Å². The number of amides is 1. The number of carbonyl (C=O) groups excluding carboxylic acids is 1. The van der Waals surface area contributed by atoms with Gasteiger partial charge in [0.15, 0.2) is 0 Å². The molecule has 8 heteroatoms. The molecule has 1 amide bonds. The van der Waals surface area contributed by atoms with E-state index in [0.29, 0.717) is 40.1 Å². The highest BCUT2D eigenvalue weighted by Crippen LogP contribution is 2.62. The van der Waals surface area contributed by atoms with Crippen molar-refractivity contribution in [1.29, 1.82) is 0 Å². The molecule has 2 aliphatic rings. The second-order valence-corrected chi connectivity index (χ2v) is 8.73. The van der Waals surface area contributed by atoms with E-state index in [1.807, 2.05) is 0 Å². The van der Waals surface area contributed by atoms with Crippen molar-refractivity contribution in [2.24, 2.45) is 17.8 Å². The zero-order chi connectivity index (χ0) is 22.4. The molecule has 3 atom stereocenters. The highest BCUT2D eigenvalue weighted by atomic mass is 19.1. The third-order valence-electron chi connectivity index (χ3n) is 7.05. The zero-order valence-electron chi connectivity index (χ0n) is 18.0. The maximum atomic E-state index is 13.6. The summed E-state index contributed by atoms with van der Waals surface area (Å²) in [6, 6.07) is 7.64. The number of methoxy groups -OCH3 is 1. The minimum Gasteiger partial charge on any atom is -0.481 e. The van der Waals surface area contributed by atoms with Crippen LogP contribution in [0.5, 0.6) is 5.88 Å². The molecule has 2 heterocycles. The summed E-state index contributed by atoms with van der Waals surface area (Å²) < 4.78 is 20.3. The van der Waals surface area contributed by atoms with E-state index in [0.717, 1.165) is 19.3 Å². The lowest BCUT2D eigenvalue weighted by atomic mass is 9.99. The van der Waals surface area contributed by atoms with Crippen LogP contribution in [-0.2, 0) is 0 Å². The fraction of sp³-hybridized carbons (Fsp3) is 0.417. The Labute approximate surface area is 184 Å². The minimum atomic E-state index is -0.433. The summed E-state index contributed by atoms with van der Waals surface area (Å²) in [6.45, 7) is 2.08. The number of nitrogens with zero attached hydrogens (tertiary/aromatic N) is 3. The van der Waals surface area contributed by atoms with Crippen LogP contribution in [-0.4, -0.2) is 33.6 Å². The molecule has 0 unspecified atom stereocenters. The molecule has 0 aliphatic heterocycles. The van der Waals surface area contributed by atoms with Gasteiger partial charge in [-0.1, -0.05) is 6.92 Å². The van der Waals surface area contributed by atoms with Gasteiger partial charge in [-0.05, 0) is 61.3 Å². The average molecular weight is 436 g/mol. The fourth-order valence-corrected chi connectivity index (χ4v) is 5.41. The van der Waals surface area contributed by atoms with Crippen molar-refractivity contribution < 1.29 is 13.9 Å². The van der Waals surface area contributed by atoms with Gasteiger partial charge in [0.05, 0.1) is 29.9 Å². The normalized spacial score (nSPS) is 23.0. The summed E-state index contributed by atoms with van der Waals surface area (Å²) >= 11 is 0. The van der Waals surface area contributed by atoms with Crippen molar-refractivity contribution in [2.75, 3.05) is 7.11 Å². The number of nitrogens with one attached hydrogen (secondary N) is 1. The molecule has 0 spiro atoms. The van der Waals surface area contributed by atoms with Crippen molar-refractivity contribution in [2.45, 2.75) is 38.3 Å². The molecule has 2 saturated carbocycles. The molecule has 1 aromatic carbocycles. The van der Waals surface area contributed by atoms with Gasteiger partial charge >= 0.3 is 0 Å². The first-order chi connectivity index (χ1) is 15.5. The number of pyridine rings is 1. The average Bonchev–Trinajstić information content (AvgIpc) is 3.29. The van der Waals surface area contributed by atoms with E-state index < -0.39 is 5.82 Å². The Kier molecular flexibility index (Phi) is 5.15. The lowest BCUT2D eigenvalue weighted by Gasteiger charge is -2.22. The Balaban J connectivity index is 1.26. The van der Waals surface area contributed by atoms with Crippen LogP contribution in [0.4, 0.5) is 4.39 Å². The number of fused-ring (bicyclic) bond motifs is 2. The molecule has 166 valence electrons. The molecule has 32 heavy (non-hydrogen) atoms. The number of hydrogen-bond donors (Lipinski definition) is 1. The lowest BCUT2D eigenvalue weighted by molar-refractivity contribution is 0.0926. The lowest BCUT2D eigenvalue weighted by Crippen LogP contribution is -2.37. The number of hydrogen-bond acceptors (Lipinski definition) is 5. The number of rotatable bonds is 6. The van der Waals surface area contributed by atoms with Crippen molar-refractivity contribution in [1.82, 2.24) is 19.9 Å². The summed E-state index contributed by atoms with van der Waals surface area (Å²) in [6.07, 6.45) is 5.69. The van der Waals surface area contributed by atoms with Gasteiger partial charge in [0.1, 0.15) is 5.82 Å². The van der Waals surface area contributed by atoms with Crippen LogP contribution in [0.2, 0.25) is 0 Å². The smallest absolute Gasteiger partial charge is 0.261 e. The van der Waals surface area contributed by atoms with Crippen molar-refractivity contribution >= 4 is 16.8 Å². The van der Waals surface area contributed by atoms with Gasteiger partial charge in [-0.25, -0.2) is 14.4 Å². The summed E-state index contributed by atoms with van der Waals surface area (Å²) in [4.78, 5) is 34.0. The van der Waals surface area contributed by atoms with Crippen molar-refractivity contribution in [3.63, 3.8) is 0 Å². The highest BCUT2D eigenvalue weighted by Gasteiger charge is 2.59. The first-order valence-electron chi connectivity index (χ1n) is 11.0. The van der Waals surface area contributed by atoms with Crippen LogP contribution >= 0.6 is 0 Å². The molecule has 2 aromatic heterocycles. The van der Waals surface area contributed by atoms with E-state index in [-0.39, 0.29) is 23.6 Å². The number of aromatic nitrogens is 3. The predicted octanol–water partition coefficient (Wildman–Crippen LogP) is 3.34. The maximum Gasteiger partial charge on any atom is 0.261 e. The molecule has 0 radical (unpaired) electrons. The summed E-state index contributed by atoms with van der Waals surface area (Å²) in [5, 5.41) is 3.48. The van der Waals surface area contributed by atoms with E-state index in [4.69, 9.17) is 4.74 Å². The van der Waals surface area contributed by atoms with Crippen LogP contribution in [0, 0.1) is 23.6 Å². The molecule has 0 saturated heterocycles. The van der Waals surface area contributed by atoms with E-state index in [9.17, 15) is 14.0 Å². The van der Waals surface area contributed by atoms with Crippen LogP contribution in [0.1, 0.15) is 42.6 Å². The Morgan fingerprint density at radius 3 is 2.69 bits per heavy atom.